The van der Waals surface area contributed by atoms with Crippen LogP contribution in [0.2, 0.25) is 0 Å². The zero-order valence-corrected chi connectivity index (χ0v) is 13.9. The molecule has 1 N–H and O–H groups in total. The third-order valence-corrected chi connectivity index (χ3v) is 4.79. The number of hydrogen-bond donors (Lipinski definition) is 1. The highest BCUT2D eigenvalue weighted by atomic mass is 32.2. The first-order valence-electron chi connectivity index (χ1n) is 7.16. The first kappa shape index (κ1) is 17.9. The summed E-state index contributed by atoms with van der Waals surface area (Å²) < 4.78 is 32.6. The summed E-state index contributed by atoms with van der Waals surface area (Å²) in [5.41, 5.74) is 1.88. The van der Waals surface area contributed by atoms with E-state index in [1.54, 1.807) is 31.4 Å². The molecule has 0 spiro atoms. The van der Waals surface area contributed by atoms with E-state index in [1.807, 2.05) is 6.92 Å². The van der Waals surface area contributed by atoms with Crippen LogP contribution < -0.4 is 4.72 Å². The number of sulfonamides is 1. The van der Waals surface area contributed by atoms with Crippen molar-refractivity contribution >= 4 is 10.0 Å². The summed E-state index contributed by atoms with van der Waals surface area (Å²) >= 11 is 0. The minimum absolute atomic E-state index is 0.262. The van der Waals surface area contributed by atoms with Gasteiger partial charge in [-0.3, -0.25) is 0 Å². The standard InChI is InChI=1S/C16H25NO3S/c1-5-6-7-14(3)16(12-20-4)17-21(18,19)15-10-8-13(2)9-11-15/h8-11,16-17H,3,5-7,12H2,1-2,4H3. The molecule has 1 aromatic rings. The molecule has 0 aliphatic carbocycles. The summed E-state index contributed by atoms with van der Waals surface area (Å²) in [4.78, 5) is 0.262. The van der Waals surface area contributed by atoms with E-state index in [4.69, 9.17) is 4.74 Å². The number of ether oxygens (including phenoxy) is 1. The van der Waals surface area contributed by atoms with Crippen LogP contribution in [0, 0.1) is 6.92 Å². The Bertz CT molecular complexity index is 549. The maximum Gasteiger partial charge on any atom is 0.241 e. The van der Waals surface area contributed by atoms with Crippen LogP contribution in [0.15, 0.2) is 41.3 Å². The average Bonchev–Trinajstić information content (AvgIpc) is 2.44. The van der Waals surface area contributed by atoms with Crippen LogP contribution in [-0.4, -0.2) is 28.2 Å². The summed E-state index contributed by atoms with van der Waals surface area (Å²) in [6.45, 7) is 8.29. The van der Waals surface area contributed by atoms with E-state index in [9.17, 15) is 8.42 Å². The van der Waals surface area contributed by atoms with Gasteiger partial charge in [-0.1, -0.05) is 43.2 Å². The Hall–Kier alpha value is -1.17. The highest BCUT2D eigenvalue weighted by Crippen LogP contribution is 2.15. The van der Waals surface area contributed by atoms with Crippen molar-refractivity contribution in [3.8, 4) is 0 Å². The van der Waals surface area contributed by atoms with E-state index in [2.05, 4.69) is 18.2 Å². The van der Waals surface area contributed by atoms with Crippen molar-refractivity contribution < 1.29 is 13.2 Å². The molecule has 0 fully saturated rings. The number of aryl methyl sites for hydroxylation is 1. The molecule has 0 saturated heterocycles. The van der Waals surface area contributed by atoms with Gasteiger partial charge in [-0.2, -0.15) is 0 Å². The Morgan fingerprint density at radius 1 is 1.33 bits per heavy atom. The molecule has 118 valence electrons. The van der Waals surface area contributed by atoms with Gasteiger partial charge < -0.3 is 4.74 Å². The third kappa shape index (κ3) is 5.61. The predicted octanol–water partition coefficient (Wildman–Crippen LogP) is 3.03. The molecule has 1 aromatic carbocycles. The van der Waals surface area contributed by atoms with Crippen molar-refractivity contribution in [3.63, 3.8) is 0 Å². The predicted molar refractivity (Wildman–Crippen MR) is 85.8 cm³/mol. The normalized spacial score (nSPS) is 13.1. The van der Waals surface area contributed by atoms with Crippen LogP contribution in [0.5, 0.6) is 0 Å². The summed E-state index contributed by atoms with van der Waals surface area (Å²) in [6.07, 6.45) is 2.83. The fourth-order valence-electron chi connectivity index (χ4n) is 1.95. The van der Waals surface area contributed by atoms with Gasteiger partial charge in [0.1, 0.15) is 0 Å². The number of nitrogens with one attached hydrogen (secondary N) is 1. The second-order valence-electron chi connectivity index (χ2n) is 5.20. The lowest BCUT2D eigenvalue weighted by atomic mass is 10.0. The molecule has 1 atom stereocenters. The van der Waals surface area contributed by atoms with E-state index in [0.717, 1.165) is 30.4 Å². The maximum atomic E-state index is 12.4. The quantitative estimate of drug-likeness (QED) is 0.713. The zero-order valence-electron chi connectivity index (χ0n) is 13.1. The van der Waals surface area contributed by atoms with Gasteiger partial charge in [-0.05, 0) is 31.9 Å². The summed E-state index contributed by atoms with van der Waals surface area (Å²) in [6, 6.07) is 6.39. The van der Waals surface area contributed by atoms with Crippen LogP contribution >= 0.6 is 0 Å². The maximum absolute atomic E-state index is 12.4. The Morgan fingerprint density at radius 2 is 1.95 bits per heavy atom. The van der Waals surface area contributed by atoms with Gasteiger partial charge in [0.25, 0.3) is 0 Å². The van der Waals surface area contributed by atoms with Crippen molar-refractivity contribution in [2.24, 2.45) is 0 Å². The van der Waals surface area contributed by atoms with Crippen molar-refractivity contribution in [1.82, 2.24) is 4.72 Å². The molecule has 4 nitrogen and oxygen atoms in total. The smallest absolute Gasteiger partial charge is 0.241 e. The summed E-state index contributed by atoms with van der Waals surface area (Å²) in [5, 5.41) is 0. The molecule has 21 heavy (non-hydrogen) atoms. The lowest BCUT2D eigenvalue weighted by Gasteiger charge is -2.20. The zero-order chi connectivity index (χ0) is 15.9. The SMILES string of the molecule is C=C(CCCC)C(COC)NS(=O)(=O)c1ccc(C)cc1. The molecule has 0 radical (unpaired) electrons. The summed E-state index contributed by atoms with van der Waals surface area (Å²) in [5.74, 6) is 0. The average molecular weight is 311 g/mol. The topological polar surface area (TPSA) is 55.4 Å². The Morgan fingerprint density at radius 3 is 2.48 bits per heavy atom. The molecule has 0 amide bonds. The van der Waals surface area contributed by atoms with E-state index in [-0.39, 0.29) is 11.5 Å². The second kappa shape index (κ2) is 8.32. The molecular weight excluding hydrogens is 286 g/mol. The lowest BCUT2D eigenvalue weighted by molar-refractivity contribution is 0.183. The minimum atomic E-state index is -3.56. The van der Waals surface area contributed by atoms with Gasteiger partial charge in [-0.25, -0.2) is 13.1 Å². The van der Waals surface area contributed by atoms with E-state index in [1.165, 1.54) is 0 Å². The number of rotatable bonds is 9. The molecule has 0 bridgehead atoms. The van der Waals surface area contributed by atoms with E-state index < -0.39 is 16.1 Å². The summed E-state index contributed by atoms with van der Waals surface area (Å²) in [7, 11) is -2.00. The highest BCUT2D eigenvalue weighted by Gasteiger charge is 2.21. The van der Waals surface area contributed by atoms with Crippen LogP contribution in [0.4, 0.5) is 0 Å². The molecule has 0 saturated carbocycles. The van der Waals surface area contributed by atoms with E-state index >= 15 is 0 Å². The van der Waals surface area contributed by atoms with Gasteiger partial charge >= 0.3 is 0 Å². The largest absolute Gasteiger partial charge is 0.383 e. The lowest BCUT2D eigenvalue weighted by Crippen LogP contribution is -2.39. The van der Waals surface area contributed by atoms with Crippen LogP contribution in [0.25, 0.3) is 0 Å². The molecular formula is C16H25NO3S. The van der Waals surface area contributed by atoms with Crippen molar-refractivity contribution in [1.29, 1.82) is 0 Å². The second-order valence-corrected chi connectivity index (χ2v) is 6.92. The minimum Gasteiger partial charge on any atom is -0.383 e. The fraction of sp³-hybridized carbons (Fsp3) is 0.500. The van der Waals surface area contributed by atoms with E-state index in [0.29, 0.717) is 0 Å². The van der Waals surface area contributed by atoms with Gasteiger partial charge in [0.15, 0.2) is 0 Å². The van der Waals surface area contributed by atoms with Gasteiger partial charge in [0.2, 0.25) is 10.0 Å². The van der Waals surface area contributed by atoms with Crippen LogP contribution in [0.3, 0.4) is 0 Å². The van der Waals surface area contributed by atoms with Crippen molar-refractivity contribution in [3.05, 3.63) is 42.0 Å². The fourth-order valence-corrected chi connectivity index (χ4v) is 3.19. The van der Waals surface area contributed by atoms with Gasteiger partial charge in [0, 0.05) is 7.11 Å². The monoisotopic (exact) mass is 311 g/mol. The first-order chi connectivity index (χ1) is 9.90. The highest BCUT2D eigenvalue weighted by molar-refractivity contribution is 7.89. The van der Waals surface area contributed by atoms with Crippen LogP contribution in [-0.2, 0) is 14.8 Å². The third-order valence-electron chi connectivity index (χ3n) is 3.31. The number of methoxy groups -OCH3 is 1. The molecule has 0 heterocycles. The van der Waals surface area contributed by atoms with Gasteiger partial charge in [0.05, 0.1) is 17.5 Å². The van der Waals surface area contributed by atoms with Crippen molar-refractivity contribution in [2.75, 3.05) is 13.7 Å². The number of benzene rings is 1. The molecule has 1 rings (SSSR count). The Kier molecular flexibility index (Phi) is 7.08. The van der Waals surface area contributed by atoms with Crippen LogP contribution in [0.1, 0.15) is 31.7 Å². The molecule has 0 aliphatic rings. The molecule has 5 heteroatoms. The number of unbranched alkanes of at least 4 members (excludes halogenated alkanes) is 1. The van der Waals surface area contributed by atoms with Gasteiger partial charge in [-0.15, -0.1) is 0 Å². The molecule has 1 unspecified atom stereocenters. The Labute approximate surface area is 128 Å². The Balaban J connectivity index is 2.86. The van der Waals surface area contributed by atoms with Crippen molar-refractivity contribution in [2.45, 2.75) is 44.0 Å². The molecule has 0 aliphatic heterocycles. The number of hydrogen-bond acceptors (Lipinski definition) is 3. The molecule has 0 aromatic heterocycles. The first-order valence-corrected chi connectivity index (χ1v) is 8.64.